The largest absolute Gasteiger partial charge is 0.306 e. The number of thiophene rings is 1. The van der Waals surface area contributed by atoms with Gasteiger partial charge in [0, 0.05) is 11.1 Å². The van der Waals surface area contributed by atoms with Gasteiger partial charge in [0.2, 0.25) is 0 Å². The summed E-state index contributed by atoms with van der Waals surface area (Å²) >= 11 is 7.46. The standard InChI is InChI=1S/C13H14ClFN2S/c1-2-5-17-13(11-3-4-12(14)18-11)9-6-10(15)8-16-7-9/h3-4,6-8,13,17H,2,5H2,1H3. The molecule has 1 atom stereocenters. The zero-order valence-electron chi connectivity index (χ0n) is 9.99. The van der Waals surface area contributed by atoms with E-state index in [9.17, 15) is 4.39 Å². The van der Waals surface area contributed by atoms with Crippen LogP contribution in [0.5, 0.6) is 0 Å². The lowest BCUT2D eigenvalue weighted by molar-refractivity contribution is 0.585. The molecule has 0 amide bonds. The summed E-state index contributed by atoms with van der Waals surface area (Å²) in [5, 5.41) is 3.39. The van der Waals surface area contributed by atoms with E-state index in [0.717, 1.165) is 27.7 Å². The maximum absolute atomic E-state index is 13.3. The minimum Gasteiger partial charge on any atom is -0.306 e. The molecule has 1 N–H and O–H groups in total. The molecule has 2 rings (SSSR count). The second-order valence-electron chi connectivity index (χ2n) is 3.97. The van der Waals surface area contributed by atoms with Crippen LogP contribution in [0.1, 0.15) is 29.8 Å². The summed E-state index contributed by atoms with van der Waals surface area (Å²) in [6, 6.07) is 5.28. The van der Waals surface area contributed by atoms with Gasteiger partial charge in [-0.25, -0.2) is 4.39 Å². The van der Waals surface area contributed by atoms with Crippen LogP contribution in [0.4, 0.5) is 4.39 Å². The number of hydrogen-bond donors (Lipinski definition) is 1. The number of nitrogens with one attached hydrogen (secondary N) is 1. The molecule has 96 valence electrons. The lowest BCUT2D eigenvalue weighted by Crippen LogP contribution is -2.22. The van der Waals surface area contributed by atoms with E-state index in [2.05, 4.69) is 17.2 Å². The van der Waals surface area contributed by atoms with Crippen LogP contribution in [-0.4, -0.2) is 11.5 Å². The molecule has 0 radical (unpaired) electrons. The van der Waals surface area contributed by atoms with Crippen molar-refractivity contribution >= 4 is 22.9 Å². The molecule has 0 aliphatic carbocycles. The number of aromatic nitrogens is 1. The first-order valence-corrected chi connectivity index (χ1v) is 6.99. The molecule has 0 spiro atoms. The van der Waals surface area contributed by atoms with E-state index in [0.29, 0.717) is 0 Å². The molecule has 5 heteroatoms. The number of pyridine rings is 1. The molecule has 0 saturated heterocycles. The maximum atomic E-state index is 13.3. The Kier molecular flexibility index (Phi) is 4.69. The molecule has 2 heterocycles. The van der Waals surface area contributed by atoms with Gasteiger partial charge < -0.3 is 5.32 Å². The van der Waals surface area contributed by atoms with E-state index in [1.54, 1.807) is 6.20 Å². The van der Waals surface area contributed by atoms with E-state index < -0.39 is 0 Å². The normalized spacial score (nSPS) is 12.6. The summed E-state index contributed by atoms with van der Waals surface area (Å²) in [5.41, 5.74) is 0.821. The van der Waals surface area contributed by atoms with Crippen LogP contribution in [0.15, 0.2) is 30.6 Å². The predicted octanol–water partition coefficient (Wildman–Crippen LogP) is 4.02. The highest BCUT2D eigenvalue weighted by Crippen LogP contribution is 2.30. The van der Waals surface area contributed by atoms with Gasteiger partial charge in [0.05, 0.1) is 16.6 Å². The number of rotatable bonds is 5. The van der Waals surface area contributed by atoms with Crippen LogP contribution in [0.2, 0.25) is 4.34 Å². The monoisotopic (exact) mass is 284 g/mol. The summed E-state index contributed by atoms with van der Waals surface area (Å²) in [4.78, 5) is 4.97. The number of nitrogens with zero attached hydrogens (tertiary/aromatic N) is 1. The Morgan fingerprint density at radius 1 is 1.44 bits per heavy atom. The summed E-state index contributed by atoms with van der Waals surface area (Å²) in [5.74, 6) is -0.321. The second-order valence-corrected chi connectivity index (χ2v) is 5.71. The topological polar surface area (TPSA) is 24.9 Å². The zero-order valence-corrected chi connectivity index (χ0v) is 11.6. The first-order chi connectivity index (χ1) is 8.70. The van der Waals surface area contributed by atoms with Gasteiger partial charge in [0.1, 0.15) is 5.82 Å². The predicted molar refractivity (Wildman–Crippen MR) is 73.7 cm³/mol. The van der Waals surface area contributed by atoms with E-state index in [1.807, 2.05) is 12.1 Å². The number of hydrogen-bond acceptors (Lipinski definition) is 3. The minimum absolute atomic E-state index is 0.0503. The molecule has 0 fully saturated rings. The van der Waals surface area contributed by atoms with Crippen molar-refractivity contribution in [3.63, 3.8) is 0 Å². The van der Waals surface area contributed by atoms with Crippen molar-refractivity contribution in [1.82, 2.24) is 10.3 Å². The Hall–Kier alpha value is -0.970. The molecule has 0 aromatic carbocycles. The highest BCUT2D eigenvalue weighted by atomic mass is 35.5. The third-order valence-electron chi connectivity index (χ3n) is 2.54. The SMILES string of the molecule is CCCNC(c1cncc(F)c1)c1ccc(Cl)s1. The average molecular weight is 285 g/mol. The van der Waals surface area contributed by atoms with E-state index in [1.165, 1.54) is 23.6 Å². The molecule has 18 heavy (non-hydrogen) atoms. The smallest absolute Gasteiger partial charge is 0.141 e. The van der Waals surface area contributed by atoms with Crippen molar-refractivity contribution in [2.75, 3.05) is 6.54 Å². The van der Waals surface area contributed by atoms with Crippen LogP contribution < -0.4 is 5.32 Å². The molecular weight excluding hydrogens is 271 g/mol. The first kappa shape index (κ1) is 13.5. The van der Waals surface area contributed by atoms with Gasteiger partial charge in [-0.15, -0.1) is 11.3 Å². The van der Waals surface area contributed by atoms with Crippen LogP contribution in [0.25, 0.3) is 0 Å². The fourth-order valence-electron chi connectivity index (χ4n) is 1.74. The molecule has 0 aliphatic rings. The van der Waals surface area contributed by atoms with Gasteiger partial charge in [-0.2, -0.15) is 0 Å². The lowest BCUT2D eigenvalue weighted by atomic mass is 10.1. The fourth-order valence-corrected chi connectivity index (χ4v) is 2.91. The molecular formula is C13H14ClFN2S. The summed E-state index contributed by atoms with van der Waals surface area (Å²) in [6.45, 7) is 2.95. The lowest BCUT2D eigenvalue weighted by Gasteiger charge is -2.17. The Labute approximate surface area is 115 Å². The van der Waals surface area contributed by atoms with Gasteiger partial charge >= 0.3 is 0 Å². The summed E-state index contributed by atoms with van der Waals surface area (Å²) in [6.07, 6.45) is 3.91. The van der Waals surface area contributed by atoms with Gasteiger partial charge in [0.15, 0.2) is 0 Å². The third-order valence-corrected chi connectivity index (χ3v) is 3.83. The van der Waals surface area contributed by atoms with Crippen molar-refractivity contribution in [3.05, 3.63) is 51.2 Å². The fraction of sp³-hybridized carbons (Fsp3) is 0.308. The molecule has 1 unspecified atom stereocenters. The molecule has 0 bridgehead atoms. The second kappa shape index (κ2) is 6.27. The van der Waals surface area contributed by atoms with Gasteiger partial charge in [-0.1, -0.05) is 18.5 Å². The molecule has 0 saturated carbocycles. The van der Waals surface area contributed by atoms with Gasteiger partial charge in [-0.05, 0) is 36.7 Å². The Balaban J connectivity index is 2.30. The molecule has 0 aliphatic heterocycles. The molecule has 2 aromatic heterocycles. The molecule has 2 nitrogen and oxygen atoms in total. The average Bonchev–Trinajstić information content (AvgIpc) is 2.76. The van der Waals surface area contributed by atoms with E-state index in [4.69, 9.17) is 11.6 Å². The van der Waals surface area contributed by atoms with Gasteiger partial charge in [-0.3, -0.25) is 4.98 Å². The van der Waals surface area contributed by atoms with Crippen LogP contribution in [0.3, 0.4) is 0 Å². The zero-order chi connectivity index (χ0) is 13.0. The first-order valence-electron chi connectivity index (χ1n) is 5.79. The Morgan fingerprint density at radius 3 is 2.89 bits per heavy atom. The Bertz CT molecular complexity index is 515. The van der Waals surface area contributed by atoms with Crippen LogP contribution >= 0.6 is 22.9 Å². The maximum Gasteiger partial charge on any atom is 0.141 e. The Morgan fingerprint density at radius 2 is 2.28 bits per heavy atom. The van der Waals surface area contributed by atoms with Crippen molar-refractivity contribution in [3.8, 4) is 0 Å². The van der Waals surface area contributed by atoms with Crippen molar-refractivity contribution in [2.24, 2.45) is 0 Å². The highest BCUT2D eigenvalue weighted by Gasteiger charge is 2.16. The van der Waals surface area contributed by atoms with Crippen LogP contribution in [-0.2, 0) is 0 Å². The number of halogens is 2. The van der Waals surface area contributed by atoms with E-state index >= 15 is 0 Å². The highest BCUT2D eigenvalue weighted by molar-refractivity contribution is 7.16. The van der Waals surface area contributed by atoms with Gasteiger partial charge in [0.25, 0.3) is 0 Å². The van der Waals surface area contributed by atoms with Crippen LogP contribution in [0, 0.1) is 5.82 Å². The van der Waals surface area contributed by atoms with Crippen molar-refractivity contribution < 1.29 is 4.39 Å². The summed E-state index contributed by atoms with van der Waals surface area (Å²) in [7, 11) is 0. The minimum atomic E-state index is -0.321. The van der Waals surface area contributed by atoms with Crippen molar-refractivity contribution in [1.29, 1.82) is 0 Å². The quantitative estimate of drug-likeness (QED) is 0.897. The summed E-state index contributed by atoms with van der Waals surface area (Å²) < 4.78 is 14.0. The van der Waals surface area contributed by atoms with Crippen molar-refractivity contribution in [2.45, 2.75) is 19.4 Å². The third kappa shape index (κ3) is 3.28. The molecule has 2 aromatic rings. The van der Waals surface area contributed by atoms with E-state index in [-0.39, 0.29) is 11.9 Å².